The van der Waals surface area contributed by atoms with Crippen molar-refractivity contribution in [3.8, 4) is 0 Å². The lowest BCUT2D eigenvalue weighted by atomic mass is 10.0. The minimum atomic E-state index is -3.15. The first-order chi connectivity index (χ1) is 8.37. The largest absolute Gasteiger partial charge is 0.330 e. The third-order valence-electron chi connectivity index (χ3n) is 3.20. The molecule has 0 radical (unpaired) electrons. The Labute approximate surface area is 110 Å². The fraction of sp³-hybridized carbons (Fsp3) is 0.571. The van der Waals surface area contributed by atoms with Gasteiger partial charge in [-0.25, -0.2) is 8.42 Å². The predicted octanol–water partition coefficient (Wildman–Crippen LogP) is 2.40. The van der Waals surface area contributed by atoms with E-state index in [1.54, 1.807) is 26.0 Å². The molecule has 0 spiro atoms. The molecule has 0 bridgehead atoms. The molecule has 0 amide bonds. The second kappa shape index (κ2) is 6.34. The Bertz CT molecular complexity index is 463. The first kappa shape index (κ1) is 15.2. The molecule has 1 aromatic rings. The SMILES string of the molecule is CC(CN)CCc1ccc(S(=O)(=O)C(C)C)cc1. The topological polar surface area (TPSA) is 60.2 Å². The van der Waals surface area contributed by atoms with Gasteiger partial charge in [-0.2, -0.15) is 0 Å². The maximum atomic E-state index is 11.9. The summed E-state index contributed by atoms with van der Waals surface area (Å²) in [6.07, 6.45) is 1.98. The molecule has 0 aliphatic carbocycles. The van der Waals surface area contributed by atoms with Crippen LogP contribution < -0.4 is 5.73 Å². The van der Waals surface area contributed by atoms with Crippen LogP contribution in [0.1, 0.15) is 32.8 Å². The van der Waals surface area contributed by atoms with Crippen LogP contribution in [0.25, 0.3) is 0 Å². The molecule has 102 valence electrons. The summed E-state index contributed by atoms with van der Waals surface area (Å²) in [5, 5.41) is -0.374. The monoisotopic (exact) mass is 269 g/mol. The lowest BCUT2D eigenvalue weighted by Gasteiger charge is -2.10. The van der Waals surface area contributed by atoms with E-state index >= 15 is 0 Å². The van der Waals surface area contributed by atoms with Crippen LogP contribution in [0.3, 0.4) is 0 Å². The first-order valence-electron chi connectivity index (χ1n) is 6.40. The van der Waals surface area contributed by atoms with E-state index in [9.17, 15) is 8.42 Å². The summed E-state index contributed by atoms with van der Waals surface area (Å²) in [5.41, 5.74) is 6.74. The summed E-state index contributed by atoms with van der Waals surface area (Å²) in [7, 11) is -3.15. The molecule has 0 aliphatic heterocycles. The molecule has 0 fully saturated rings. The Morgan fingerprint density at radius 1 is 1.11 bits per heavy atom. The van der Waals surface area contributed by atoms with E-state index in [1.807, 2.05) is 12.1 Å². The highest BCUT2D eigenvalue weighted by Gasteiger charge is 2.18. The molecule has 3 nitrogen and oxygen atoms in total. The number of aryl methyl sites for hydroxylation is 1. The van der Waals surface area contributed by atoms with E-state index in [0.29, 0.717) is 17.4 Å². The molecule has 0 aliphatic rings. The average Bonchev–Trinajstić information content (AvgIpc) is 2.36. The normalized spacial score (nSPS) is 13.8. The molecule has 1 rings (SSSR count). The van der Waals surface area contributed by atoms with E-state index in [2.05, 4.69) is 6.92 Å². The quantitative estimate of drug-likeness (QED) is 0.862. The number of rotatable bonds is 6. The second-order valence-electron chi connectivity index (χ2n) is 5.12. The standard InChI is InChI=1S/C14H23NO2S/c1-11(2)18(16,17)14-8-6-13(7-9-14)5-4-12(3)10-15/h6-9,11-12H,4-5,10,15H2,1-3H3. The fourth-order valence-electron chi connectivity index (χ4n) is 1.65. The number of benzene rings is 1. The molecule has 0 saturated heterocycles. The maximum Gasteiger partial charge on any atom is 0.180 e. The van der Waals surface area contributed by atoms with Gasteiger partial charge in [-0.1, -0.05) is 19.1 Å². The van der Waals surface area contributed by atoms with Gasteiger partial charge in [-0.05, 0) is 56.8 Å². The Morgan fingerprint density at radius 2 is 1.67 bits per heavy atom. The van der Waals surface area contributed by atoms with Crippen molar-refractivity contribution in [2.45, 2.75) is 43.8 Å². The zero-order valence-electron chi connectivity index (χ0n) is 11.4. The van der Waals surface area contributed by atoms with E-state index in [0.717, 1.165) is 18.4 Å². The maximum absolute atomic E-state index is 11.9. The molecule has 0 saturated carbocycles. The Hall–Kier alpha value is -0.870. The fourth-order valence-corrected chi connectivity index (χ4v) is 2.71. The Balaban J connectivity index is 2.75. The van der Waals surface area contributed by atoms with Crippen LogP contribution in [0, 0.1) is 5.92 Å². The van der Waals surface area contributed by atoms with Crippen molar-refractivity contribution in [1.82, 2.24) is 0 Å². The van der Waals surface area contributed by atoms with Crippen LogP contribution in [0.4, 0.5) is 0 Å². The van der Waals surface area contributed by atoms with Crippen molar-refractivity contribution in [3.63, 3.8) is 0 Å². The van der Waals surface area contributed by atoms with E-state index in [-0.39, 0.29) is 5.25 Å². The van der Waals surface area contributed by atoms with Crippen LogP contribution >= 0.6 is 0 Å². The average molecular weight is 269 g/mol. The van der Waals surface area contributed by atoms with E-state index in [1.165, 1.54) is 0 Å². The number of hydrogen-bond donors (Lipinski definition) is 1. The highest BCUT2D eigenvalue weighted by atomic mass is 32.2. The minimum Gasteiger partial charge on any atom is -0.330 e. The van der Waals surface area contributed by atoms with Gasteiger partial charge in [-0.15, -0.1) is 0 Å². The zero-order valence-corrected chi connectivity index (χ0v) is 12.2. The molecular weight excluding hydrogens is 246 g/mol. The lowest BCUT2D eigenvalue weighted by Crippen LogP contribution is -2.14. The lowest BCUT2D eigenvalue weighted by molar-refractivity contribution is 0.544. The van der Waals surface area contributed by atoms with Gasteiger partial charge in [0.2, 0.25) is 0 Å². The van der Waals surface area contributed by atoms with Crippen molar-refractivity contribution in [2.24, 2.45) is 11.7 Å². The second-order valence-corrected chi connectivity index (χ2v) is 7.62. The predicted molar refractivity (Wildman–Crippen MR) is 75.3 cm³/mol. The van der Waals surface area contributed by atoms with Gasteiger partial charge in [0.15, 0.2) is 9.84 Å². The molecule has 4 heteroatoms. The molecule has 1 atom stereocenters. The van der Waals surface area contributed by atoms with Crippen molar-refractivity contribution >= 4 is 9.84 Å². The zero-order chi connectivity index (χ0) is 13.8. The van der Waals surface area contributed by atoms with Gasteiger partial charge >= 0.3 is 0 Å². The van der Waals surface area contributed by atoms with Gasteiger partial charge in [0, 0.05) is 0 Å². The summed E-state index contributed by atoms with van der Waals surface area (Å²) in [4.78, 5) is 0.410. The van der Waals surface area contributed by atoms with Crippen LogP contribution in [0.5, 0.6) is 0 Å². The molecule has 1 unspecified atom stereocenters. The van der Waals surface area contributed by atoms with Gasteiger partial charge < -0.3 is 5.73 Å². The summed E-state index contributed by atoms with van der Waals surface area (Å²) in [6, 6.07) is 7.21. The van der Waals surface area contributed by atoms with E-state index in [4.69, 9.17) is 5.73 Å². The number of hydrogen-bond acceptors (Lipinski definition) is 3. The smallest absolute Gasteiger partial charge is 0.180 e. The van der Waals surface area contributed by atoms with E-state index < -0.39 is 9.84 Å². The first-order valence-corrected chi connectivity index (χ1v) is 7.95. The molecule has 0 aromatic heterocycles. The molecule has 2 N–H and O–H groups in total. The van der Waals surface area contributed by atoms with Crippen molar-refractivity contribution < 1.29 is 8.42 Å². The Morgan fingerprint density at radius 3 is 2.11 bits per heavy atom. The highest BCUT2D eigenvalue weighted by molar-refractivity contribution is 7.92. The summed E-state index contributed by atoms with van der Waals surface area (Å²) in [6.45, 7) is 6.22. The molecule has 0 heterocycles. The van der Waals surface area contributed by atoms with Crippen LogP contribution in [-0.4, -0.2) is 20.2 Å². The third kappa shape index (κ3) is 3.82. The number of sulfone groups is 1. The molecule has 18 heavy (non-hydrogen) atoms. The molecular formula is C14H23NO2S. The van der Waals surface area contributed by atoms with Gasteiger partial charge in [0.1, 0.15) is 0 Å². The van der Waals surface area contributed by atoms with Gasteiger partial charge in [0.05, 0.1) is 10.1 Å². The Kier molecular flexibility index (Phi) is 5.35. The van der Waals surface area contributed by atoms with Gasteiger partial charge in [0.25, 0.3) is 0 Å². The van der Waals surface area contributed by atoms with Crippen molar-refractivity contribution in [1.29, 1.82) is 0 Å². The summed E-state index contributed by atoms with van der Waals surface area (Å²) < 4.78 is 23.9. The van der Waals surface area contributed by atoms with Crippen LogP contribution in [0.2, 0.25) is 0 Å². The van der Waals surface area contributed by atoms with Gasteiger partial charge in [-0.3, -0.25) is 0 Å². The molecule has 1 aromatic carbocycles. The van der Waals surface area contributed by atoms with Crippen LogP contribution in [-0.2, 0) is 16.3 Å². The summed E-state index contributed by atoms with van der Waals surface area (Å²) in [5.74, 6) is 0.504. The third-order valence-corrected chi connectivity index (χ3v) is 5.37. The summed E-state index contributed by atoms with van der Waals surface area (Å²) >= 11 is 0. The number of nitrogens with two attached hydrogens (primary N) is 1. The minimum absolute atomic E-state index is 0.374. The van der Waals surface area contributed by atoms with Crippen LogP contribution in [0.15, 0.2) is 29.2 Å². The van der Waals surface area contributed by atoms with Crippen molar-refractivity contribution in [2.75, 3.05) is 6.54 Å². The van der Waals surface area contributed by atoms with Crippen molar-refractivity contribution in [3.05, 3.63) is 29.8 Å². The highest BCUT2D eigenvalue weighted by Crippen LogP contribution is 2.17.